The molecule has 0 aliphatic rings. The molecule has 3 nitrogen and oxygen atoms in total. The predicted octanol–water partition coefficient (Wildman–Crippen LogP) is 4.51. The van der Waals surface area contributed by atoms with Crippen molar-refractivity contribution in [2.75, 3.05) is 0 Å². The molecule has 20 heavy (non-hydrogen) atoms. The summed E-state index contributed by atoms with van der Waals surface area (Å²) in [6.45, 7) is 3.59. The zero-order valence-corrected chi connectivity index (χ0v) is 14.8. The van der Waals surface area contributed by atoms with Crippen LogP contribution in [-0.4, -0.2) is 8.42 Å². The van der Waals surface area contributed by atoms with E-state index in [-0.39, 0.29) is 10.3 Å². The Morgan fingerprint density at radius 2 is 2.05 bits per heavy atom. The number of thiophene rings is 1. The van der Waals surface area contributed by atoms with Gasteiger partial charge >= 0.3 is 0 Å². The SMILES string of the molecule is Cc1cc(S(=O)(=O)NC(C)c2cccc(Br)c2)sc1Cl. The Kier molecular flexibility index (Phi) is 4.92. The molecule has 0 fully saturated rings. The molecular weight excluding hydrogens is 382 g/mol. The van der Waals surface area contributed by atoms with Gasteiger partial charge in [-0.05, 0) is 43.2 Å². The van der Waals surface area contributed by atoms with Gasteiger partial charge in [0.15, 0.2) is 0 Å². The lowest BCUT2D eigenvalue weighted by atomic mass is 10.1. The molecule has 0 saturated heterocycles. The molecule has 0 saturated carbocycles. The van der Waals surface area contributed by atoms with E-state index in [9.17, 15) is 8.42 Å². The minimum atomic E-state index is -3.55. The molecule has 0 bridgehead atoms. The van der Waals surface area contributed by atoms with E-state index in [1.807, 2.05) is 24.3 Å². The van der Waals surface area contributed by atoms with Gasteiger partial charge in [-0.15, -0.1) is 11.3 Å². The quantitative estimate of drug-likeness (QED) is 0.829. The summed E-state index contributed by atoms with van der Waals surface area (Å²) < 4.78 is 28.9. The maximum absolute atomic E-state index is 12.3. The minimum Gasteiger partial charge on any atom is -0.206 e. The van der Waals surface area contributed by atoms with Crippen molar-refractivity contribution >= 4 is 48.9 Å². The third-order valence-electron chi connectivity index (χ3n) is 2.78. The number of rotatable bonds is 4. The van der Waals surface area contributed by atoms with Gasteiger partial charge in [0.05, 0.1) is 4.34 Å². The maximum Gasteiger partial charge on any atom is 0.250 e. The highest BCUT2D eigenvalue weighted by molar-refractivity contribution is 9.10. The first-order valence-electron chi connectivity index (χ1n) is 5.83. The van der Waals surface area contributed by atoms with Crippen molar-refractivity contribution in [3.05, 3.63) is 50.3 Å². The number of sulfonamides is 1. The molecule has 0 spiro atoms. The van der Waals surface area contributed by atoms with E-state index in [2.05, 4.69) is 20.7 Å². The summed E-state index contributed by atoms with van der Waals surface area (Å²) in [5, 5.41) is 0. The Bertz CT molecular complexity index is 708. The lowest BCUT2D eigenvalue weighted by Crippen LogP contribution is -2.26. The van der Waals surface area contributed by atoms with E-state index in [0.717, 1.165) is 26.9 Å². The largest absolute Gasteiger partial charge is 0.250 e. The molecule has 0 radical (unpaired) electrons. The standard InChI is InChI=1S/C13H13BrClNO2S2/c1-8-6-12(19-13(8)15)20(17,18)16-9(2)10-4-3-5-11(14)7-10/h3-7,9,16H,1-2H3. The van der Waals surface area contributed by atoms with Crippen molar-refractivity contribution in [1.29, 1.82) is 0 Å². The Labute approximate surface area is 136 Å². The van der Waals surface area contributed by atoms with E-state index >= 15 is 0 Å². The molecular formula is C13H13BrClNO2S2. The van der Waals surface area contributed by atoms with Gasteiger partial charge in [-0.3, -0.25) is 0 Å². The fourth-order valence-electron chi connectivity index (χ4n) is 1.70. The normalized spacial score (nSPS) is 13.4. The van der Waals surface area contributed by atoms with Gasteiger partial charge in [-0.25, -0.2) is 13.1 Å². The Morgan fingerprint density at radius 1 is 1.35 bits per heavy atom. The van der Waals surface area contributed by atoms with Gasteiger partial charge in [0.2, 0.25) is 0 Å². The number of hydrogen-bond acceptors (Lipinski definition) is 3. The number of benzene rings is 1. The summed E-state index contributed by atoms with van der Waals surface area (Å²) in [7, 11) is -3.55. The minimum absolute atomic E-state index is 0.238. The zero-order valence-electron chi connectivity index (χ0n) is 10.9. The first kappa shape index (κ1) is 16.0. The molecule has 108 valence electrons. The predicted molar refractivity (Wildman–Crippen MR) is 86.9 cm³/mol. The van der Waals surface area contributed by atoms with Crippen LogP contribution in [-0.2, 0) is 10.0 Å². The first-order chi connectivity index (χ1) is 9.29. The fourth-order valence-corrected chi connectivity index (χ4v) is 5.07. The van der Waals surface area contributed by atoms with Crippen LogP contribution >= 0.6 is 38.9 Å². The molecule has 1 aromatic carbocycles. The average molecular weight is 395 g/mol. The highest BCUT2D eigenvalue weighted by Gasteiger charge is 2.21. The van der Waals surface area contributed by atoms with Crippen LogP contribution in [0.25, 0.3) is 0 Å². The number of halogens is 2. The lowest BCUT2D eigenvalue weighted by Gasteiger charge is -2.14. The second-order valence-corrected chi connectivity index (χ2v) is 8.93. The summed E-state index contributed by atoms with van der Waals surface area (Å²) in [5.41, 5.74) is 1.66. The third-order valence-corrected chi connectivity index (χ3v) is 6.84. The van der Waals surface area contributed by atoms with E-state index in [0.29, 0.717) is 4.34 Å². The number of hydrogen-bond donors (Lipinski definition) is 1. The second kappa shape index (κ2) is 6.15. The van der Waals surface area contributed by atoms with Gasteiger partial charge in [-0.2, -0.15) is 0 Å². The van der Waals surface area contributed by atoms with Crippen LogP contribution in [0.3, 0.4) is 0 Å². The molecule has 0 aliphatic carbocycles. The fraction of sp³-hybridized carbons (Fsp3) is 0.231. The molecule has 1 unspecified atom stereocenters. The van der Waals surface area contributed by atoms with E-state index in [1.165, 1.54) is 0 Å². The number of nitrogens with one attached hydrogen (secondary N) is 1. The van der Waals surface area contributed by atoms with Gasteiger partial charge in [0.25, 0.3) is 10.0 Å². The molecule has 2 rings (SSSR count). The van der Waals surface area contributed by atoms with Gasteiger partial charge in [0, 0.05) is 10.5 Å². The van der Waals surface area contributed by atoms with Crippen LogP contribution in [0.1, 0.15) is 24.1 Å². The van der Waals surface area contributed by atoms with Crippen molar-refractivity contribution < 1.29 is 8.42 Å². The molecule has 1 N–H and O–H groups in total. The van der Waals surface area contributed by atoms with E-state index in [1.54, 1.807) is 19.9 Å². The summed E-state index contributed by atoms with van der Waals surface area (Å²) in [6, 6.07) is 8.80. The zero-order chi connectivity index (χ0) is 14.9. The Balaban J connectivity index is 2.24. The van der Waals surface area contributed by atoms with Crippen LogP contribution in [0.5, 0.6) is 0 Å². The molecule has 0 aliphatic heterocycles. The van der Waals surface area contributed by atoms with E-state index < -0.39 is 10.0 Å². The Morgan fingerprint density at radius 3 is 2.60 bits per heavy atom. The third kappa shape index (κ3) is 3.62. The van der Waals surface area contributed by atoms with Crippen LogP contribution < -0.4 is 4.72 Å². The van der Waals surface area contributed by atoms with Crippen molar-refractivity contribution in [2.45, 2.75) is 24.1 Å². The van der Waals surface area contributed by atoms with Crippen LogP contribution in [0.2, 0.25) is 4.34 Å². The van der Waals surface area contributed by atoms with Gasteiger partial charge < -0.3 is 0 Å². The van der Waals surface area contributed by atoms with Crippen molar-refractivity contribution in [1.82, 2.24) is 4.72 Å². The molecule has 2 aromatic rings. The first-order valence-corrected chi connectivity index (χ1v) is 9.30. The van der Waals surface area contributed by atoms with Crippen molar-refractivity contribution in [3.8, 4) is 0 Å². The highest BCUT2D eigenvalue weighted by Crippen LogP contribution is 2.31. The summed E-state index contributed by atoms with van der Waals surface area (Å²) in [5.74, 6) is 0. The molecule has 1 heterocycles. The Hall–Kier alpha value is -0.400. The molecule has 7 heteroatoms. The van der Waals surface area contributed by atoms with Crippen LogP contribution in [0.4, 0.5) is 0 Å². The topological polar surface area (TPSA) is 46.2 Å². The van der Waals surface area contributed by atoms with E-state index in [4.69, 9.17) is 11.6 Å². The smallest absolute Gasteiger partial charge is 0.206 e. The van der Waals surface area contributed by atoms with Crippen molar-refractivity contribution in [2.24, 2.45) is 0 Å². The number of aryl methyl sites for hydroxylation is 1. The summed E-state index contributed by atoms with van der Waals surface area (Å²) >= 11 is 10.4. The maximum atomic E-state index is 12.3. The summed E-state index contributed by atoms with van der Waals surface area (Å²) in [4.78, 5) is 0. The second-order valence-electron chi connectivity index (χ2n) is 4.42. The summed E-state index contributed by atoms with van der Waals surface area (Å²) in [6.07, 6.45) is 0. The van der Waals surface area contributed by atoms with Gasteiger partial charge in [0.1, 0.15) is 4.21 Å². The molecule has 0 amide bonds. The molecule has 1 atom stereocenters. The van der Waals surface area contributed by atoms with Crippen LogP contribution in [0, 0.1) is 6.92 Å². The molecule has 1 aromatic heterocycles. The van der Waals surface area contributed by atoms with Crippen LogP contribution in [0.15, 0.2) is 39.0 Å². The average Bonchev–Trinajstić information content (AvgIpc) is 2.70. The lowest BCUT2D eigenvalue weighted by molar-refractivity contribution is 0.569. The monoisotopic (exact) mass is 393 g/mol. The van der Waals surface area contributed by atoms with Gasteiger partial charge in [-0.1, -0.05) is 39.7 Å². The highest BCUT2D eigenvalue weighted by atomic mass is 79.9. The van der Waals surface area contributed by atoms with Crippen molar-refractivity contribution in [3.63, 3.8) is 0 Å².